The Morgan fingerprint density at radius 1 is 1.40 bits per heavy atom. The second-order valence-corrected chi connectivity index (χ2v) is 3.73. The molecule has 2 aromatic rings. The third-order valence-corrected chi connectivity index (χ3v) is 2.59. The Labute approximate surface area is 91.6 Å². The highest BCUT2D eigenvalue weighted by molar-refractivity contribution is 7.08. The van der Waals surface area contributed by atoms with Crippen LogP contribution in [0.2, 0.25) is 0 Å². The number of hydrogen-bond acceptors (Lipinski definition) is 5. The van der Waals surface area contributed by atoms with Gasteiger partial charge in [0.05, 0.1) is 12.3 Å². The molecule has 2 rings (SSSR count). The van der Waals surface area contributed by atoms with Crippen LogP contribution in [0.25, 0.3) is 11.3 Å². The molecule has 0 radical (unpaired) electrons. The van der Waals surface area contributed by atoms with E-state index < -0.39 is 0 Å². The van der Waals surface area contributed by atoms with Crippen LogP contribution in [0.15, 0.2) is 29.2 Å². The van der Waals surface area contributed by atoms with Crippen LogP contribution in [0.1, 0.15) is 0 Å². The summed E-state index contributed by atoms with van der Waals surface area (Å²) >= 11 is 1.64. The fourth-order valence-corrected chi connectivity index (χ4v) is 1.86. The van der Waals surface area contributed by atoms with E-state index in [0.717, 1.165) is 17.1 Å². The van der Waals surface area contributed by atoms with E-state index in [0.29, 0.717) is 6.54 Å². The first kappa shape index (κ1) is 10.1. The Morgan fingerprint density at radius 2 is 2.33 bits per heavy atom. The third-order valence-electron chi connectivity index (χ3n) is 1.90. The molecule has 0 aliphatic rings. The lowest BCUT2D eigenvalue weighted by molar-refractivity contribution is 0.311. The highest BCUT2D eigenvalue weighted by Crippen LogP contribution is 2.20. The number of hydrogen-bond donors (Lipinski definition) is 2. The van der Waals surface area contributed by atoms with E-state index in [-0.39, 0.29) is 6.61 Å². The lowest BCUT2D eigenvalue weighted by atomic mass is 10.2. The first-order valence-corrected chi connectivity index (χ1v) is 5.54. The molecule has 0 saturated carbocycles. The Balaban J connectivity index is 2.19. The molecule has 0 bridgehead atoms. The van der Waals surface area contributed by atoms with Crippen LogP contribution < -0.4 is 5.32 Å². The fourth-order valence-electron chi connectivity index (χ4n) is 1.21. The van der Waals surface area contributed by atoms with Gasteiger partial charge in [0.2, 0.25) is 0 Å². The molecule has 5 heteroatoms. The number of anilines is 1. The zero-order valence-corrected chi connectivity index (χ0v) is 8.87. The van der Waals surface area contributed by atoms with E-state index in [1.807, 2.05) is 22.9 Å². The fraction of sp³-hybridized carbons (Fsp3) is 0.200. The molecule has 78 valence electrons. The second kappa shape index (κ2) is 4.86. The van der Waals surface area contributed by atoms with Gasteiger partial charge in [-0.25, -0.2) is 9.97 Å². The Bertz CT molecular complexity index is 416. The van der Waals surface area contributed by atoms with Crippen LogP contribution in [0.3, 0.4) is 0 Å². The first-order valence-electron chi connectivity index (χ1n) is 4.59. The van der Waals surface area contributed by atoms with Crippen molar-refractivity contribution >= 4 is 17.2 Å². The zero-order valence-electron chi connectivity index (χ0n) is 8.05. The predicted molar refractivity (Wildman–Crippen MR) is 60.9 cm³/mol. The van der Waals surface area contributed by atoms with Gasteiger partial charge in [0.1, 0.15) is 12.1 Å². The molecule has 15 heavy (non-hydrogen) atoms. The number of nitrogens with one attached hydrogen (secondary N) is 1. The van der Waals surface area contributed by atoms with Gasteiger partial charge in [-0.05, 0) is 11.4 Å². The summed E-state index contributed by atoms with van der Waals surface area (Å²) in [6.45, 7) is 0.595. The van der Waals surface area contributed by atoms with Gasteiger partial charge in [-0.1, -0.05) is 0 Å². The van der Waals surface area contributed by atoms with E-state index in [1.54, 1.807) is 11.3 Å². The molecule has 0 saturated heterocycles. The molecule has 2 heterocycles. The number of aliphatic hydroxyl groups excluding tert-OH is 1. The van der Waals surface area contributed by atoms with Gasteiger partial charge in [-0.3, -0.25) is 0 Å². The van der Waals surface area contributed by atoms with Crippen molar-refractivity contribution in [3.63, 3.8) is 0 Å². The van der Waals surface area contributed by atoms with Crippen molar-refractivity contribution in [3.8, 4) is 11.3 Å². The summed E-state index contributed by atoms with van der Waals surface area (Å²) in [5.41, 5.74) is 1.99. The van der Waals surface area contributed by atoms with Crippen molar-refractivity contribution in [1.29, 1.82) is 0 Å². The van der Waals surface area contributed by atoms with Gasteiger partial charge < -0.3 is 10.4 Å². The van der Waals surface area contributed by atoms with Crippen LogP contribution in [0.5, 0.6) is 0 Å². The van der Waals surface area contributed by atoms with Crippen molar-refractivity contribution in [3.05, 3.63) is 29.2 Å². The summed E-state index contributed by atoms with van der Waals surface area (Å²) in [6, 6.07) is 3.89. The maximum atomic E-state index is 8.68. The Hall–Kier alpha value is -1.46. The molecule has 0 aromatic carbocycles. The average molecular weight is 221 g/mol. The molecule has 0 fully saturated rings. The molecule has 0 unspecified atom stereocenters. The van der Waals surface area contributed by atoms with Crippen LogP contribution in [0.4, 0.5) is 5.82 Å². The monoisotopic (exact) mass is 221 g/mol. The number of aromatic nitrogens is 2. The van der Waals surface area contributed by atoms with Gasteiger partial charge in [-0.15, -0.1) is 0 Å². The minimum absolute atomic E-state index is 0.0950. The molecule has 0 amide bonds. The van der Waals surface area contributed by atoms with Gasteiger partial charge in [-0.2, -0.15) is 11.3 Å². The topological polar surface area (TPSA) is 58.0 Å². The van der Waals surface area contributed by atoms with Crippen LogP contribution in [0, 0.1) is 0 Å². The lowest BCUT2D eigenvalue weighted by Gasteiger charge is -2.03. The molecule has 0 atom stereocenters. The largest absolute Gasteiger partial charge is 0.395 e. The van der Waals surface area contributed by atoms with Gasteiger partial charge in [0.25, 0.3) is 0 Å². The quantitative estimate of drug-likeness (QED) is 0.823. The van der Waals surface area contributed by atoms with E-state index in [1.165, 1.54) is 6.33 Å². The van der Waals surface area contributed by atoms with Crippen molar-refractivity contribution in [1.82, 2.24) is 9.97 Å². The minimum Gasteiger partial charge on any atom is -0.395 e. The van der Waals surface area contributed by atoms with E-state index in [4.69, 9.17) is 5.11 Å². The number of nitrogens with zero attached hydrogens (tertiary/aromatic N) is 2. The lowest BCUT2D eigenvalue weighted by Crippen LogP contribution is -2.07. The summed E-state index contributed by atoms with van der Waals surface area (Å²) in [6.07, 6.45) is 1.52. The summed E-state index contributed by atoms with van der Waals surface area (Å²) in [4.78, 5) is 8.24. The van der Waals surface area contributed by atoms with Crippen LogP contribution in [-0.4, -0.2) is 28.2 Å². The molecular weight excluding hydrogens is 210 g/mol. The smallest absolute Gasteiger partial charge is 0.130 e. The molecule has 0 aliphatic heterocycles. The van der Waals surface area contributed by atoms with Crippen molar-refractivity contribution in [2.24, 2.45) is 0 Å². The van der Waals surface area contributed by atoms with Gasteiger partial charge in [0.15, 0.2) is 0 Å². The van der Waals surface area contributed by atoms with E-state index in [2.05, 4.69) is 15.3 Å². The number of thiophene rings is 1. The normalized spacial score (nSPS) is 10.2. The molecule has 2 aromatic heterocycles. The summed E-state index contributed by atoms with van der Waals surface area (Å²) < 4.78 is 0. The maximum absolute atomic E-state index is 8.68. The third kappa shape index (κ3) is 2.51. The Morgan fingerprint density at radius 3 is 3.07 bits per heavy atom. The maximum Gasteiger partial charge on any atom is 0.130 e. The predicted octanol–water partition coefficient (Wildman–Crippen LogP) is 1.61. The highest BCUT2D eigenvalue weighted by atomic mass is 32.1. The summed E-state index contributed by atoms with van der Waals surface area (Å²) in [7, 11) is 0. The van der Waals surface area contributed by atoms with Crippen LogP contribution in [-0.2, 0) is 0 Å². The van der Waals surface area contributed by atoms with Crippen molar-refractivity contribution < 1.29 is 5.11 Å². The van der Waals surface area contributed by atoms with Crippen LogP contribution >= 0.6 is 11.3 Å². The molecule has 2 N–H and O–H groups in total. The average Bonchev–Trinajstić information content (AvgIpc) is 2.80. The molecule has 4 nitrogen and oxygen atoms in total. The SMILES string of the molecule is OCCNc1cc(-c2ccsc2)ncn1. The molecule has 0 aliphatic carbocycles. The first-order chi connectivity index (χ1) is 7.40. The molecular formula is C10H11N3OS. The molecule has 0 spiro atoms. The van der Waals surface area contributed by atoms with Gasteiger partial charge in [0, 0.05) is 23.6 Å². The van der Waals surface area contributed by atoms with Crippen molar-refractivity contribution in [2.45, 2.75) is 0 Å². The highest BCUT2D eigenvalue weighted by Gasteiger charge is 2.01. The summed E-state index contributed by atoms with van der Waals surface area (Å²) in [5.74, 6) is 0.736. The number of rotatable bonds is 4. The summed E-state index contributed by atoms with van der Waals surface area (Å²) in [5, 5.41) is 15.7. The van der Waals surface area contributed by atoms with E-state index in [9.17, 15) is 0 Å². The number of aliphatic hydroxyl groups is 1. The second-order valence-electron chi connectivity index (χ2n) is 2.95. The van der Waals surface area contributed by atoms with Gasteiger partial charge >= 0.3 is 0 Å². The zero-order chi connectivity index (χ0) is 10.5. The standard InChI is InChI=1S/C10H11N3OS/c14-3-2-11-10-5-9(12-7-13-10)8-1-4-15-6-8/h1,4-7,14H,2-3H2,(H,11,12,13). The van der Waals surface area contributed by atoms with Crippen molar-refractivity contribution in [2.75, 3.05) is 18.5 Å². The Kier molecular flexibility index (Phi) is 3.26. The minimum atomic E-state index is 0.0950. The van der Waals surface area contributed by atoms with E-state index >= 15 is 0 Å².